The molecule has 0 aromatic rings. The molecule has 1 rings (SSSR count). The standard InChI is InChI=1S/C15H32N4O/c1-12(2)17-15(20)14(4)19-7-5-6-18(8-9-19)11-13(3)10-16/h12-14H,5-11,16H2,1-4H3,(H,17,20). The molecular weight excluding hydrogens is 252 g/mol. The van der Waals surface area contributed by atoms with Crippen LogP contribution in [0, 0.1) is 5.92 Å². The lowest BCUT2D eigenvalue weighted by Crippen LogP contribution is -2.48. The van der Waals surface area contributed by atoms with E-state index in [2.05, 4.69) is 22.0 Å². The summed E-state index contributed by atoms with van der Waals surface area (Å²) in [4.78, 5) is 16.9. The van der Waals surface area contributed by atoms with Gasteiger partial charge in [0, 0.05) is 32.2 Å². The van der Waals surface area contributed by atoms with Gasteiger partial charge < -0.3 is 16.0 Å². The second-order valence-corrected chi connectivity index (χ2v) is 6.37. The first-order valence-electron chi connectivity index (χ1n) is 7.90. The van der Waals surface area contributed by atoms with Crippen molar-refractivity contribution in [1.29, 1.82) is 0 Å². The summed E-state index contributed by atoms with van der Waals surface area (Å²) in [5.41, 5.74) is 5.70. The maximum Gasteiger partial charge on any atom is 0.237 e. The summed E-state index contributed by atoms with van der Waals surface area (Å²) in [5.74, 6) is 0.687. The van der Waals surface area contributed by atoms with E-state index in [9.17, 15) is 4.79 Å². The second-order valence-electron chi connectivity index (χ2n) is 6.37. The van der Waals surface area contributed by atoms with Crippen LogP contribution in [0.4, 0.5) is 0 Å². The minimum absolute atomic E-state index is 0.0377. The minimum atomic E-state index is -0.0377. The van der Waals surface area contributed by atoms with Crippen LogP contribution < -0.4 is 11.1 Å². The number of nitrogens with two attached hydrogens (primary N) is 1. The number of nitrogens with one attached hydrogen (secondary N) is 1. The summed E-state index contributed by atoms with van der Waals surface area (Å²) in [6.45, 7) is 14.1. The van der Waals surface area contributed by atoms with Gasteiger partial charge in [-0.2, -0.15) is 0 Å². The van der Waals surface area contributed by atoms with E-state index in [0.29, 0.717) is 5.92 Å². The predicted molar refractivity (Wildman–Crippen MR) is 83.6 cm³/mol. The van der Waals surface area contributed by atoms with Gasteiger partial charge in [-0.05, 0) is 46.2 Å². The van der Waals surface area contributed by atoms with Gasteiger partial charge in [-0.15, -0.1) is 0 Å². The third-order valence-electron chi connectivity index (χ3n) is 3.95. The highest BCUT2D eigenvalue weighted by Crippen LogP contribution is 2.09. The number of hydrogen-bond donors (Lipinski definition) is 2. The Morgan fingerprint density at radius 1 is 1.15 bits per heavy atom. The molecule has 118 valence electrons. The van der Waals surface area contributed by atoms with Gasteiger partial charge in [-0.25, -0.2) is 0 Å². The van der Waals surface area contributed by atoms with E-state index in [1.807, 2.05) is 20.8 Å². The molecule has 1 fully saturated rings. The first-order valence-corrected chi connectivity index (χ1v) is 7.90. The van der Waals surface area contributed by atoms with Crippen LogP contribution in [-0.2, 0) is 4.79 Å². The Bertz CT molecular complexity index is 296. The summed E-state index contributed by atoms with van der Waals surface area (Å²) >= 11 is 0. The molecule has 1 heterocycles. The van der Waals surface area contributed by atoms with E-state index < -0.39 is 0 Å². The maximum absolute atomic E-state index is 12.1. The molecule has 1 aliphatic rings. The Kier molecular flexibility index (Phi) is 7.48. The number of carbonyl (C=O) groups is 1. The maximum atomic E-state index is 12.1. The summed E-state index contributed by atoms with van der Waals surface area (Å²) < 4.78 is 0. The van der Waals surface area contributed by atoms with E-state index in [1.54, 1.807) is 0 Å². The van der Waals surface area contributed by atoms with E-state index in [4.69, 9.17) is 5.73 Å². The van der Waals surface area contributed by atoms with Crippen LogP contribution in [0.25, 0.3) is 0 Å². The molecule has 3 N–H and O–H groups in total. The van der Waals surface area contributed by atoms with Crippen LogP contribution in [0.2, 0.25) is 0 Å². The van der Waals surface area contributed by atoms with Gasteiger partial charge in [0.25, 0.3) is 0 Å². The molecule has 0 aromatic carbocycles. The van der Waals surface area contributed by atoms with E-state index in [-0.39, 0.29) is 18.0 Å². The van der Waals surface area contributed by atoms with Crippen molar-refractivity contribution in [3.05, 3.63) is 0 Å². The monoisotopic (exact) mass is 284 g/mol. The summed E-state index contributed by atoms with van der Waals surface area (Å²) in [6.07, 6.45) is 1.12. The van der Waals surface area contributed by atoms with Gasteiger partial charge in [-0.1, -0.05) is 6.92 Å². The first kappa shape index (κ1) is 17.4. The molecule has 1 saturated heterocycles. The van der Waals surface area contributed by atoms with Crippen molar-refractivity contribution in [3.63, 3.8) is 0 Å². The topological polar surface area (TPSA) is 61.6 Å². The average Bonchev–Trinajstić information content (AvgIpc) is 2.62. The molecule has 0 saturated carbocycles. The molecule has 5 heteroatoms. The van der Waals surface area contributed by atoms with Gasteiger partial charge >= 0.3 is 0 Å². The van der Waals surface area contributed by atoms with Crippen LogP contribution in [0.1, 0.15) is 34.1 Å². The van der Waals surface area contributed by atoms with Gasteiger partial charge in [-0.3, -0.25) is 9.69 Å². The van der Waals surface area contributed by atoms with Crippen molar-refractivity contribution in [2.45, 2.75) is 46.2 Å². The van der Waals surface area contributed by atoms with Crippen molar-refractivity contribution in [2.75, 3.05) is 39.3 Å². The second kappa shape index (κ2) is 8.60. The highest BCUT2D eigenvalue weighted by Gasteiger charge is 2.24. The van der Waals surface area contributed by atoms with Gasteiger partial charge in [0.2, 0.25) is 5.91 Å². The number of rotatable bonds is 6. The third-order valence-corrected chi connectivity index (χ3v) is 3.95. The normalized spacial score (nSPS) is 21.5. The van der Waals surface area contributed by atoms with Crippen LogP contribution in [-0.4, -0.2) is 67.1 Å². The zero-order chi connectivity index (χ0) is 15.1. The van der Waals surface area contributed by atoms with Crippen LogP contribution >= 0.6 is 0 Å². The Balaban J connectivity index is 2.44. The van der Waals surface area contributed by atoms with Crippen molar-refractivity contribution < 1.29 is 4.79 Å². The highest BCUT2D eigenvalue weighted by molar-refractivity contribution is 5.81. The van der Waals surface area contributed by atoms with Crippen molar-refractivity contribution in [1.82, 2.24) is 15.1 Å². The fourth-order valence-corrected chi connectivity index (χ4v) is 2.65. The number of nitrogens with zero attached hydrogens (tertiary/aromatic N) is 2. The molecule has 5 nitrogen and oxygen atoms in total. The smallest absolute Gasteiger partial charge is 0.237 e. The van der Waals surface area contributed by atoms with Gasteiger partial charge in [0.1, 0.15) is 0 Å². The molecule has 1 aliphatic heterocycles. The molecule has 0 radical (unpaired) electrons. The molecule has 2 unspecified atom stereocenters. The lowest BCUT2D eigenvalue weighted by Gasteiger charge is -2.28. The molecule has 2 atom stereocenters. The average molecular weight is 284 g/mol. The fraction of sp³-hybridized carbons (Fsp3) is 0.933. The lowest BCUT2D eigenvalue weighted by atomic mass is 10.1. The zero-order valence-electron chi connectivity index (χ0n) is 13.6. The van der Waals surface area contributed by atoms with Crippen molar-refractivity contribution >= 4 is 5.91 Å². The Morgan fingerprint density at radius 3 is 2.45 bits per heavy atom. The molecule has 1 amide bonds. The summed E-state index contributed by atoms with van der Waals surface area (Å²) in [6, 6.07) is 0.170. The first-order chi connectivity index (χ1) is 9.43. The Hall–Kier alpha value is -0.650. The number of carbonyl (C=O) groups excluding carboxylic acids is 1. The SMILES string of the molecule is CC(CN)CN1CCCN(C(C)C(=O)NC(C)C)CC1. The van der Waals surface area contributed by atoms with Crippen LogP contribution in [0.5, 0.6) is 0 Å². The molecule has 0 bridgehead atoms. The quantitative estimate of drug-likeness (QED) is 0.746. The molecule has 20 heavy (non-hydrogen) atoms. The number of hydrogen-bond acceptors (Lipinski definition) is 4. The minimum Gasteiger partial charge on any atom is -0.353 e. The summed E-state index contributed by atoms with van der Waals surface area (Å²) in [5, 5.41) is 3.00. The molecule has 0 spiro atoms. The third kappa shape index (κ3) is 5.77. The highest BCUT2D eigenvalue weighted by atomic mass is 16.2. The van der Waals surface area contributed by atoms with E-state index in [1.165, 1.54) is 0 Å². The van der Waals surface area contributed by atoms with E-state index >= 15 is 0 Å². The Labute approximate surface area is 123 Å². The van der Waals surface area contributed by atoms with E-state index in [0.717, 1.165) is 45.7 Å². The van der Waals surface area contributed by atoms with Crippen molar-refractivity contribution in [2.24, 2.45) is 11.7 Å². The lowest BCUT2D eigenvalue weighted by molar-refractivity contribution is -0.126. The summed E-state index contributed by atoms with van der Waals surface area (Å²) in [7, 11) is 0. The van der Waals surface area contributed by atoms with Gasteiger partial charge in [0.05, 0.1) is 6.04 Å². The Morgan fingerprint density at radius 2 is 1.85 bits per heavy atom. The fourth-order valence-electron chi connectivity index (χ4n) is 2.65. The van der Waals surface area contributed by atoms with Crippen molar-refractivity contribution in [3.8, 4) is 0 Å². The number of amides is 1. The predicted octanol–water partition coefficient (Wildman–Crippen LogP) is 0.502. The van der Waals surface area contributed by atoms with Crippen LogP contribution in [0.15, 0.2) is 0 Å². The zero-order valence-corrected chi connectivity index (χ0v) is 13.6. The van der Waals surface area contributed by atoms with Gasteiger partial charge in [0.15, 0.2) is 0 Å². The largest absolute Gasteiger partial charge is 0.353 e. The van der Waals surface area contributed by atoms with Crippen LogP contribution in [0.3, 0.4) is 0 Å². The molecular formula is C15H32N4O. The molecule has 0 aromatic heterocycles. The molecule has 0 aliphatic carbocycles.